The van der Waals surface area contributed by atoms with E-state index in [2.05, 4.69) is 20.2 Å². The lowest BCUT2D eigenvalue weighted by Gasteiger charge is -2.30. The van der Waals surface area contributed by atoms with Gasteiger partial charge in [-0.1, -0.05) is 0 Å². The van der Waals surface area contributed by atoms with Gasteiger partial charge in [0, 0.05) is 31.5 Å². The highest BCUT2D eigenvalue weighted by Crippen LogP contribution is 2.11. The second-order valence-electron chi connectivity index (χ2n) is 3.87. The van der Waals surface area contributed by atoms with E-state index in [1.807, 2.05) is 19.4 Å². The van der Waals surface area contributed by atoms with E-state index >= 15 is 0 Å². The summed E-state index contributed by atoms with van der Waals surface area (Å²) in [5, 5.41) is 3.33. The maximum atomic E-state index is 4.24. The van der Waals surface area contributed by atoms with Crippen LogP contribution in [0.4, 0.5) is 0 Å². The Kier molecular flexibility index (Phi) is 3.16. The van der Waals surface area contributed by atoms with Crippen molar-refractivity contribution in [1.29, 1.82) is 0 Å². The Morgan fingerprint density at radius 3 is 2.93 bits per heavy atom. The molecule has 1 aromatic rings. The van der Waals surface area contributed by atoms with Crippen molar-refractivity contribution in [3.63, 3.8) is 0 Å². The minimum Gasteiger partial charge on any atom is -0.348 e. The molecule has 0 amide bonds. The molecule has 1 aliphatic heterocycles. The van der Waals surface area contributed by atoms with Gasteiger partial charge in [-0.15, -0.1) is 0 Å². The number of piperidine rings is 1. The molecule has 4 nitrogen and oxygen atoms in total. The summed E-state index contributed by atoms with van der Waals surface area (Å²) in [6.07, 6.45) is 6.19. The minimum absolute atomic E-state index is 0.711. The second kappa shape index (κ2) is 4.57. The maximum absolute atomic E-state index is 4.24. The van der Waals surface area contributed by atoms with Crippen molar-refractivity contribution in [3.05, 3.63) is 18.2 Å². The van der Waals surface area contributed by atoms with Crippen molar-refractivity contribution in [2.45, 2.75) is 25.4 Å². The molecule has 0 atom stereocenters. The summed E-state index contributed by atoms with van der Waals surface area (Å²) in [4.78, 5) is 9.83. The summed E-state index contributed by atoms with van der Waals surface area (Å²) < 4.78 is 0. The zero-order chi connectivity index (χ0) is 9.80. The molecule has 14 heavy (non-hydrogen) atoms. The molecule has 2 heterocycles. The van der Waals surface area contributed by atoms with Crippen LogP contribution in [-0.2, 0) is 6.54 Å². The van der Waals surface area contributed by atoms with Crippen molar-refractivity contribution in [1.82, 2.24) is 20.2 Å². The van der Waals surface area contributed by atoms with E-state index in [0.717, 1.165) is 12.4 Å². The Balaban J connectivity index is 1.79. The maximum Gasteiger partial charge on any atom is 0.120 e. The molecule has 1 saturated heterocycles. The van der Waals surface area contributed by atoms with Gasteiger partial charge in [-0.2, -0.15) is 0 Å². The van der Waals surface area contributed by atoms with Gasteiger partial charge in [-0.05, 0) is 19.9 Å². The van der Waals surface area contributed by atoms with Crippen molar-refractivity contribution in [2.75, 3.05) is 20.1 Å². The van der Waals surface area contributed by atoms with Crippen molar-refractivity contribution >= 4 is 0 Å². The highest BCUT2D eigenvalue weighted by molar-refractivity contribution is 4.88. The van der Waals surface area contributed by atoms with Crippen LogP contribution >= 0.6 is 0 Å². The van der Waals surface area contributed by atoms with Gasteiger partial charge in [0.15, 0.2) is 0 Å². The van der Waals surface area contributed by atoms with E-state index in [4.69, 9.17) is 0 Å². The minimum atomic E-state index is 0.711. The quantitative estimate of drug-likeness (QED) is 0.740. The SMILES string of the molecule is CNC1CCN(Cc2ncc[nH]2)CC1. The summed E-state index contributed by atoms with van der Waals surface area (Å²) in [5.41, 5.74) is 0. The first-order chi connectivity index (χ1) is 6.88. The van der Waals surface area contributed by atoms with Crippen molar-refractivity contribution in [2.24, 2.45) is 0 Å². The highest BCUT2D eigenvalue weighted by Gasteiger charge is 2.17. The van der Waals surface area contributed by atoms with Gasteiger partial charge in [0.1, 0.15) is 5.82 Å². The first-order valence-corrected chi connectivity index (χ1v) is 5.26. The Morgan fingerprint density at radius 2 is 2.36 bits per heavy atom. The topological polar surface area (TPSA) is 44.0 Å². The molecule has 2 rings (SSSR count). The number of H-pyrrole nitrogens is 1. The first-order valence-electron chi connectivity index (χ1n) is 5.26. The van der Waals surface area contributed by atoms with Crippen LogP contribution < -0.4 is 5.32 Å². The fourth-order valence-corrected chi connectivity index (χ4v) is 1.98. The van der Waals surface area contributed by atoms with Gasteiger partial charge >= 0.3 is 0 Å². The lowest BCUT2D eigenvalue weighted by Crippen LogP contribution is -2.40. The number of nitrogens with zero attached hydrogens (tertiary/aromatic N) is 2. The summed E-state index contributed by atoms with van der Waals surface area (Å²) in [5.74, 6) is 1.08. The van der Waals surface area contributed by atoms with Crippen molar-refractivity contribution in [3.8, 4) is 0 Å². The molecule has 0 bridgehead atoms. The van der Waals surface area contributed by atoms with Crippen LogP contribution in [0.25, 0.3) is 0 Å². The Morgan fingerprint density at radius 1 is 1.57 bits per heavy atom. The van der Waals surface area contributed by atoms with Gasteiger partial charge in [0.2, 0.25) is 0 Å². The number of hydrogen-bond acceptors (Lipinski definition) is 3. The molecular weight excluding hydrogens is 176 g/mol. The number of hydrogen-bond donors (Lipinski definition) is 2. The smallest absolute Gasteiger partial charge is 0.120 e. The number of aromatic nitrogens is 2. The third-order valence-electron chi connectivity index (χ3n) is 2.92. The molecule has 0 unspecified atom stereocenters. The predicted molar refractivity (Wildman–Crippen MR) is 55.9 cm³/mol. The third kappa shape index (κ3) is 2.33. The zero-order valence-electron chi connectivity index (χ0n) is 8.66. The number of aromatic amines is 1. The molecule has 1 aromatic heterocycles. The summed E-state index contributed by atoms with van der Waals surface area (Å²) in [6.45, 7) is 3.31. The van der Waals surface area contributed by atoms with Crippen LogP contribution in [0.15, 0.2) is 12.4 Å². The first kappa shape index (κ1) is 9.68. The Labute approximate surface area is 84.7 Å². The molecule has 1 fully saturated rings. The number of nitrogens with one attached hydrogen (secondary N) is 2. The molecule has 0 aromatic carbocycles. The van der Waals surface area contributed by atoms with Gasteiger partial charge in [-0.25, -0.2) is 4.98 Å². The van der Waals surface area contributed by atoms with Crippen LogP contribution in [0.5, 0.6) is 0 Å². The van der Waals surface area contributed by atoms with Crippen LogP contribution in [0.2, 0.25) is 0 Å². The lowest BCUT2D eigenvalue weighted by atomic mass is 10.1. The lowest BCUT2D eigenvalue weighted by molar-refractivity contribution is 0.191. The molecule has 0 radical (unpaired) electrons. The van der Waals surface area contributed by atoms with E-state index in [1.165, 1.54) is 25.9 Å². The molecular formula is C10H18N4. The van der Waals surface area contributed by atoms with Crippen molar-refractivity contribution < 1.29 is 0 Å². The number of rotatable bonds is 3. The molecule has 2 N–H and O–H groups in total. The van der Waals surface area contributed by atoms with Crippen LogP contribution in [0.1, 0.15) is 18.7 Å². The fourth-order valence-electron chi connectivity index (χ4n) is 1.98. The molecule has 0 spiro atoms. The third-order valence-corrected chi connectivity index (χ3v) is 2.92. The summed E-state index contributed by atoms with van der Waals surface area (Å²) in [6, 6.07) is 0.711. The molecule has 0 aliphatic carbocycles. The van der Waals surface area contributed by atoms with Crippen LogP contribution in [-0.4, -0.2) is 41.0 Å². The molecule has 78 valence electrons. The van der Waals surface area contributed by atoms with Crippen LogP contribution in [0, 0.1) is 0 Å². The molecule has 4 heteroatoms. The zero-order valence-corrected chi connectivity index (χ0v) is 8.66. The van der Waals surface area contributed by atoms with E-state index in [1.54, 1.807) is 0 Å². The largest absolute Gasteiger partial charge is 0.348 e. The van der Waals surface area contributed by atoms with Gasteiger partial charge < -0.3 is 10.3 Å². The normalized spacial score (nSPS) is 20.1. The second-order valence-corrected chi connectivity index (χ2v) is 3.87. The fraction of sp³-hybridized carbons (Fsp3) is 0.700. The summed E-state index contributed by atoms with van der Waals surface area (Å²) >= 11 is 0. The van der Waals surface area contributed by atoms with Gasteiger partial charge in [0.25, 0.3) is 0 Å². The number of imidazole rings is 1. The average Bonchev–Trinajstić information content (AvgIpc) is 2.72. The Hall–Kier alpha value is -0.870. The van der Waals surface area contributed by atoms with Crippen LogP contribution in [0.3, 0.4) is 0 Å². The standard InChI is InChI=1S/C10H18N4/c1-11-9-2-6-14(7-3-9)8-10-12-4-5-13-10/h4-5,9,11H,2-3,6-8H2,1H3,(H,12,13). The monoisotopic (exact) mass is 194 g/mol. The average molecular weight is 194 g/mol. The summed E-state index contributed by atoms with van der Waals surface area (Å²) in [7, 11) is 2.05. The van der Waals surface area contributed by atoms with E-state index in [-0.39, 0.29) is 0 Å². The van der Waals surface area contributed by atoms with E-state index in [0.29, 0.717) is 6.04 Å². The highest BCUT2D eigenvalue weighted by atomic mass is 15.2. The van der Waals surface area contributed by atoms with E-state index < -0.39 is 0 Å². The number of likely N-dealkylation sites (tertiary alicyclic amines) is 1. The van der Waals surface area contributed by atoms with E-state index in [9.17, 15) is 0 Å². The predicted octanol–water partition coefficient (Wildman–Crippen LogP) is 0.593. The molecule has 0 saturated carbocycles. The van der Waals surface area contributed by atoms with Gasteiger partial charge in [-0.3, -0.25) is 4.90 Å². The van der Waals surface area contributed by atoms with Gasteiger partial charge in [0.05, 0.1) is 6.54 Å². The molecule has 1 aliphatic rings. The Bertz CT molecular complexity index is 249.